The number of ether oxygens (including phenoxy) is 1. The van der Waals surface area contributed by atoms with Crippen molar-refractivity contribution in [3.63, 3.8) is 0 Å². The summed E-state index contributed by atoms with van der Waals surface area (Å²) in [7, 11) is 0. The Labute approximate surface area is 129 Å². The van der Waals surface area contributed by atoms with Gasteiger partial charge in [-0.1, -0.05) is 12.8 Å². The van der Waals surface area contributed by atoms with Crippen LogP contribution in [0.15, 0.2) is 0 Å². The van der Waals surface area contributed by atoms with Crippen molar-refractivity contribution in [2.24, 2.45) is 5.92 Å². The van der Waals surface area contributed by atoms with Gasteiger partial charge in [-0.25, -0.2) is 0 Å². The van der Waals surface area contributed by atoms with E-state index in [1.54, 1.807) is 0 Å². The first-order valence-electron chi connectivity index (χ1n) is 9.47. The third-order valence-electron chi connectivity index (χ3n) is 6.58. The topological polar surface area (TPSA) is 24.5 Å². The van der Waals surface area contributed by atoms with Gasteiger partial charge in [0.2, 0.25) is 0 Å². The van der Waals surface area contributed by atoms with Crippen LogP contribution in [0.3, 0.4) is 0 Å². The smallest absolute Gasteiger partial charge is 0.0710 e. The molecule has 3 heteroatoms. The molecule has 1 saturated carbocycles. The van der Waals surface area contributed by atoms with Crippen molar-refractivity contribution < 1.29 is 4.74 Å². The molecular formula is C18H32N2O. The molecule has 21 heavy (non-hydrogen) atoms. The lowest BCUT2D eigenvalue weighted by Crippen LogP contribution is -2.45. The number of hydrogen-bond donors (Lipinski definition) is 1. The summed E-state index contributed by atoms with van der Waals surface area (Å²) < 4.78 is 6.55. The van der Waals surface area contributed by atoms with Crippen LogP contribution in [0.4, 0.5) is 0 Å². The van der Waals surface area contributed by atoms with Crippen LogP contribution in [0.2, 0.25) is 0 Å². The Morgan fingerprint density at radius 2 is 1.90 bits per heavy atom. The van der Waals surface area contributed by atoms with Gasteiger partial charge in [0, 0.05) is 12.6 Å². The molecule has 0 aromatic carbocycles. The van der Waals surface area contributed by atoms with Crippen LogP contribution in [0.1, 0.15) is 64.2 Å². The molecule has 3 saturated heterocycles. The largest absolute Gasteiger partial charge is 0.370 e. The van der Waals surface area contributed by atoms with Gasteiger partial charge in [-0.2, -0.15) is 0 Å². The summed E-state index contributed by atoms with van der Waals surface area (Å²) in [6.45, 7) is 5.01. The lowest BCUT2D eigenvalue weighted by Gasteiger charge is -2.36. The highest BCUT2D eigenvalue weighted by atomic mass is 16.5. The molecule has 1 aliphatic carbocycles. The molecule has 4 aliphatic rings. The lowest BCUT2D eigenvalue weighted by atomic mass is 9.90. The predicted octanol–water partition coefficient (Wildman–Crippen LogP) is 2.94. The summed E-state index contributed by atoms with van der Waals surface area (Å²) in [5.74, 6) is 0.892. The van der Waals surface area contributed by atoms with Gasteiger partial charge < -0.3 is 10.1 Å². The molecule has 0 bridgehead atoms. The van der Waals surface area contributed by atoms with E-state index in [2.05, 4.69) is 10.2 Å². The zero-order valence-electron chi connectivity index (χ0n) is 13.5. The van der Waals surface area contributed by atoms with Crippen LogP contribution in [-0.2, 0) is 4.74 Å². The Morgan fingerprint density at radius 3 is 2.71 bits per heavy atom. The summed E-state index contributed by atoms with van der Waals surface area (Å²) in [5, 5.41) is 3.61. The van der Waals surface area contributed by atoms with Crippen molar-refractivity contribution >= 4 is 0 Å². The van der Waals surface area contributed by atoms with E-state index in [9.17, 15) is 0 Å². The van der Waals surface area contributed by atoms with Crippen molar-refractivity contribution in [1.82, 2.24) is 10.2 Å². The molecule has 0 aromatic rings. The number of likely N-dealkylation sites (tertiary alicyclic amines) is 1. The SMILES string of the molecule is C1CNCC(C2CCCN2CC2CCC3(CCCC3)O2)C1. The standard InChI is InChI=1S/C18H32N2O/c1-2-9-18(8-1)10-7-16(21-18)14-20-12-4-6-17(20)15-5-3-11-19-13-15/h15-17,19H,1-14H2. The van der Waals surface area contributed by atoms with Crippen molar-refractivity contribution in [2.75, 3.05) is 26.2 Å². The maximum Gasteiger partial charge on any atom is 0.0710 e. The maximum atomic E-state index is 6.55. The van der Waals surface area contributed by atoms with Crippen molar-refractivity contribution in [1.29, 1.82) is 0 Å². The molecular weight excluding hydrogens is 260 g/mol. The fraction of sp³-hybridized carbons (Fsp3) is 1.00. The molecule has 4 fully saturated rings. The van der Waals surface area contributed by atoms with Crippen LogP contribution < -0.4 is 5.32 Å². The molecule has 4 rings (SSSR count). The first kappa shape index (κ1) is 14.5. The number of nitrogens with zero attached hydrogens (tertiary/aromatic N) is 1. The van der Waals surface area contributed by atoms with Crippen LogP contribution in [0.5, 0.6) is 0 Å². The Kier molecular flexibility index (Phi) is 4.25. The molecule has 0 amide bonds. The summed E-state index contributed by atoms with van der Waals surface area (Å²) in [4.78, 5) is 2.79. The molecule has 1 N–H and O–H groups in total. The van der Waals surface area contributed by atoms with Gasteiger partial charge in [0.1, 0.15) is 0 Å². The minimum absolute atomic E-state index is 0.312. The molecule has 3 nitrogen and oxygen atoms in total. The van der Waals surface area contributed by atoms with Gasteiger partial charge in [-0.15, -0.1) is 0 Å². The van der Waals surface area contributed by atoms with Crippen LogP contribution in [-0.4, -0.2) is 48.8 Å². The van der Waals surface area contributed by atoms with E-state index >= 15 is 0 Å². The van der Waals surface area contributed by atoms with E-state index < -0.39 is 0 Å². The quantitative estimate of drug-likeness (QED) is 0.865. The lowest BCUT2D eigenvalue weighted by molar-refractivity contribution is -0.0507. The predicted molar refractivity (Wildman–Crippen MR) is 85.5 cm³/mol. The van der Waals surface area contributed by atoms with Crippen molar-refractivity contribution in [3.05, 3.63) is 0 Å². The average Bonchev–Trinajstić information content (AvgIpc) is 3.24. The van der Waals surface area contributed by atoms with Crippen LogP contribution in [0, 0.1) is 5.92 Å². The van der Waals surface area contributed by atoms with Gasteiger partial charge in [0.25, 0.3) is 0 Å². The van der Waals surface area contributed by atoms with E-state index in [1.807, 2.05) is 0 Å². The Morgan fingerprint density at radius 1 is 1.00 bits per heavy atom. The van der Waals surface area contributed by atoms with E-state index in [0.717, 1.165) is 12.0 Å². The van der Waals surface area contributed by atoms with Crippen molar-refractivity contribution in [3.8, 4) is 0 Å². The molecule has 3 atom stereocenters. The third kappa shape index (κ3) is 3.02. The van der Waals surface area contributed by atoms with Crippen LogP contribution >= 0.6 is 0 Å². The zero-order valence-corrected chi connectivity index (χ0v) is 13.5. The van der Waals surface area contributed by atoms with Crippen molar-refractivity contribution in [2.45, 2.75) is 82.0 Å². The van der Waals surface area contributed by atoms with E-state index in [-0.39, 0.29) is 0 Å². The summed E-state index contributed by atoms with van der Waals surface area (Å²) >= 11 is 0. The number of hydrogen-bond acceptors (Lipinski definition) is 3. The first-order valence-corrected chi connectivity index (χ1v) is 9.47. The van der Waals surface area contributed by atoms with E-state index in [0.29, 0.717) is 11.7 Å². The second-order valence-electron chi connectivity index (χ2n) is 7.98. The molecule has 3 heterocycles. The highest BCUT2D eigenvalue weighted by Gasteiger charge is 2.43. The highest BCUT2D eigenvalue weighted by molar-refractivity contribution is 4.95. The van der Waals surface area contributed by atoms with Crippen LogP contribution in [0.25, 0.3) is 0 Å². The third-order valence-corrected chi connectivity index (χ3v) is 6.58. The van der Waals surface area contributed by atoms with Gasteiger partial charge in [0.15, 0.2) is 0 Å². The normalized spacial score (nSPS) is 40.3. The fourth-order valence-corrected chi connectivity index (χ4v) is 5.49. The second-order valence-corrected chi connectivity index (χ2v) is 7.98. The molecule has 0 radical (unpaired) electrons. The van der Waals surface area contributed by atoms with Gasteiger partial charge in [-0.3, -0.25) is 4.90 Å². The monoisotopic (exact) mass is 292 g/mol. The van der Waals surface area contributed by atoms with E-state index in [1.165, 1.54) is 90.4 Å². The van der Waals surface area contributed by atoms with Gasteiger partial charge >= 0.3 is 0 Å². The zero-order chi connectivity index (χ0) is 14.1. The Balaban J connectivity index is 1.33. The minimum atomic E-state index is 0.312. The fourth-order valence-electron chi connectivity index (χ4n) is 5.49. The molecule has 0 aromatic heterocycles. The summed E-state index contributed by atoms with van der Waals surface area (Å²) in [6.07, 6.45) is 14.3. The molecule has 1 spiro atoms. The molecule has 3 aliphatic heterocycles. The first-order chi connectivity index (χ1) is 10.3. The number of piperidine rings is 1. The highest BCUT2D eigenvalue weighted by Crippen LogP contribution is 2.43. The van der Waals surface area contributed by atoms with E-state index in [4.69, 9.17) is 4.74 Å². The summed E-state index contributed by atoms with van der Waals surface area (Å²) in [6, 6.07) is 0.835. The summed E-state index contributed by atoms with van der Waals surface area (Å²) in [5.41, 5.74) is 0.312. The maximum absolute atomic E-state index is 6.55. The average molecular weight is 292 g/mol. The number of rotatable bonds is 3. The van der Waals surface area contributed by atoms with Gasteiger partial charge in [0.05, 0.1) is 11.7 Å². The molecule has 3 unspecified atom stereocenters. The number of nitrogens with one attached hydrogen (secondary N) is 1. The van der Waals surface area contributed by atoms with Gasteiger partial charge in [-0.05, 0) is 76.9 Å². The Bertz CT molecular complexity index is 347. The Hall–Kier alpha value is -0.120. The minimum Gasteiger partial charge on any atom is -0.370 e. The molecule has 120 valence electrons. The second kappa shape index (κ2) is 6.17.